The highest BCUT2D eigenvalue weighted by atomic mass is 127. The van der Waals surface area contributed by atoms with Crippen LogP contribution in [0.1, 0.15) is 41.6 Å². The number of anilines is 1. The minimum absolute atomic E-state index is 0.100. The molecule has 2 aromatic rings. The van der Waals surface area contributed by atoms with Gasteiger partial charge in [0.05, 0.1) is 33.7 Å². The second-order valence-electron chi connectivity index (χ2n) is 11.2. The highest BCUT2D eigenvalue weighted by molar-refractivity contribution is 14.1. The number of Topliss-reactive ketones (excluding diaryl/α,β-unsaturated/α-hetero) is 1. The number of phenolic OH excluding ortho intramolecular Hbond substituents is 1. The molecule has 2 aromatic carbocycles. The number of allylic oxidation sites excluding steroid dienone is 2. The molecule has 6 unspecified atom stereocenters. The van der Waals surface area contributed by atoms with Crippen LogP contribution < -0.4 is 9.64 Å². The van der Waals surface area contributed by atoms with Gasteiger partial charge in [0, 0.05) is 11.5 Å². The summed E-state index contributed by atoms with van der Waals surface area (Å²) in [6.45, 7) is 1.43. The number of aromatic hydroxyl groups is 1. The predicted molar refractivity (Wildman–Crippen MR) is 170 cm³/mol. The Labute approximate surface area is 278 Å². The number of ketones is 1. The number of benzene rings is 2. The van der Waals surface area contributed by atoms with Crippen LogP contribution in [0.15, 0.2) is 48.0 Å². The number of methoxy groups -OCH3 is 1. The number of amides is 4. The Balaban J connectivity index is 1.51. The van der Waals surface area contributed by atoms with E-state index < -0.39 is 51.1 Å². The molecular formula is C30H24BrCl2IN2O7. The third-order valence-electron chi connectivity index (χ3n) is 9.15. The fourth-order valence-electron chi connectivity index (χ4n) is 7.14. The summed E-state index contributed by atoms with van der Waals surface area (Å²) in [6.07, 6.45) is 1.90. The first-order chi connectivity index (χ1) is 20.3. The number of hydrogen-bond acceptors (Lipinski definition) is 7. The number of phenols is 1. The molecule has 2 heterocycles. The van der Waals surface area contributed by atoms with Gasteiger partial charge in [0.25, 0.3) is 11.8 Å². The van der Waals surface area contributed by atoms with Crippen LogP contribution in [0.2, 0.25) is 0 Å². The molecule has 0 bridgehead atoms. The number of alkyl halides is 3. The lowest BCUT2D eigenvalue weighted by Gasteiger charge is -2.50. The van der Waals surface area contributed by atoms with Gasteiger partial charge in [0.1, 0.15) is 0 Å². The molecular weight excluding hydrogens is 778 g/mol. The number of fused-ring (bicyclic) bond motifs is 4. The summed E-state index contributed by atoms with van der Waals surface area (Å²) < 4.78 is 5.81. The van der Waals surface area contributed by atoms with Crippen LogP contribution in [-0.4, -0.2) is 61.7 Å². The van der Waals surface area contributed by atoms with Crippen LogP contribution in [-0.2, 0) is 19.2 Å². The molecule has 6 atom stereocenters. The van der Waals surface area contributed by atoms with Crippen molar-refractivity contribution in [1.82, 2.24) is 4.90 Å². The highest BCUT2D eigenvalue weighted by Crippen LogP contribution is 2.66. The Bertz CT molecular complexity index is 1670. The van der Waals surface area contributed by atoms with Crippen molar-refractivity contribution in [1.29, 1.82) is 0 Å². The van der Waals surface area contributed by atoms with Crippen molar-refractivity contribution in [3.8, 4) is 11.5 Å². The van der Waals surface area contributed by atoms with E-state index in [4.69, 9.17) is 27.9 Å². The van der Waals surface area contributed by atoms with E-state index >= 15 is 0 Å². The number of ether oxygens (including phenoxy) is 1. The number of hydrogen-bond donors (Lipinski definition) is 1. The standard InChI is InChI=1S/C30H24BrCl2IN2O7/c1-13(37)14-3-5-16(6-4-14)36-25(39)18-8-7-17-19(22(18)26(36)40)11-29(32)27(41)35(12-31)28(42)30(29,33)23(17)15-9-20(34)24(38)21(10-15)43-2/h3-7,9-10,18-19,22-23,38H,8,11-12H2,1-2H3. The minimum Gasteiger partial charge on any atom is -0.504 e. The molecule has 2 saturated heterocycles. The molecule has 0 radical (unpaired) electrons. The van der Waals surface area contributed by atoms with Crippen molar-refractivity contribution in [3.05, 3.63) is 62.7 Å². The largest absolute Gasteiger partial charge is 0.504 e. The molecule has 1 N–H and O–H groups in total. The fourth-order valence-corrected chi connectivity index (χ4v) is 9.19. The van der Waals surface area contributed by atoms with E-state index in [1.54, 1.807) is 36.4 Å². The van der Waals surface area contributed by atoms with Crippen molar-refractivity contribution in [3.63, 3.8) is 0 Å². The van der Waals surface area contributed by atoms with Gasteiger partial charge in [-0.3, -0.25) is 33.8 Å². The molecule has 3 fully saturated rings. The molecule has 13 heteroatoms. The Morgan fingerprint density at radius 3 is 2.37 bits per heavy atom. The number of imide groups is 2. The van der Waals surface area contributed by atoms with Gasteiger partial charge in [0.15, 0.2) is 27.0 Å². The number of carbonyl (C=O) groups excluding carboxylic acids is 5. The van der Waals surface area contributed by atoms with Gasteiger partial charge in [0.2, 0.25) is 11.8 Å². The summed E-state index contributed by atoms with van der Waals surface area (Å²) >= 11 is 19.7. The average Bonchev–Trinajstić information content (AvgIpc) is 3.32. The monoisotopic (exact) mass is 800 g/mol. The van der Waals surface area contributed by atoms with Gasteiger partial charge >= 0.3 is 0 Å². The normalized spacial score (nSPS) is 31.5. The second kappa shape index (κ2) is 10.6. The zero-order chi connectivity index (χ0) is 31.2. The van der Waals surface area contributed by atoms with Crippen LogP contribution >= 0.6 is 61.7 Å². The van der Waals surface area contributed by atoms with E-state index in [-0.39, 0.29) is 41.5 Å². The van der Waals surface area contributed by atoms with Gasteiger partial charge in [-0.05, 0) is 90.2 Å². The first kappa shape index (κ1) is 30.5. The predicted octanol–water partition coefficient (Wildman–Crippen LogP) is 5.12. The molecule has 43 heavy (non-hydrogen) atoms. The topological polar surface area (TPSA) is 121 Å². The van der Waals surface area contributed by atoms with Gasteiger partial charge in [-0.1, -0.05) is 27.6 Å². The first-order valence-corrected chi connectivity index (χ1v) is 16.3. The molecule has 6 rings (SSSR count). The summed E-state index contributed by atoms with van der Waals surface area (Å²) in [5.74, 6) is -5.58. The lowest BCUT2D eigenvalue weighted by atomic mass is 9.56. The second-order valence-corrected chi connectivity index (χ2v) is 14.1. The Morgan fingerprint density at radius 2 is 1.77 bits per heavy atom. The molecule has 0 spiro atoms. The number of likely N-dealkylation sites (tertiary alicyclic amines) is 1. The minimum atomic E-state index is -1.96. The zero-order valence-corrected chi connectivity index (χ0v) is 28.0. The van der Waals surface area contributed by atoms with E-state index in [1.165, 1.54) is 14.0 Å². The first-order valence-electron chi connectivity index (χ1n) is 13.4. The molecule has 0 aromatic heterocycles. The summed E-state index contributed by atoms with van der Waals surface area (Å²) in [7, 11) is 1.39. The van der Waals surface area contributed by atoms with E-state index in [9.17, 15) is 29.1 Å². The third-order valence-corrected chi connectivity index (χ3v) is 11.9. The SMILES string of the molecule is COc1cc(C2C3=CCC4C(=O)N(c5ccc(C(C)=O)cc5)C(=O)C4C3CC3(Cl)C(=O)N(CBr)C(=O)C23Cl)cc(I)c1O. The summed E-state index contributed by atoms with van der Waals surface area (Å²) in [5.41, 5.74) is 1.75. The van der Waals surface area contributed by atoms with Crippen molar-refractivity contribution in [2.75, 3.05) is 17.5 Å². The number of rotatable bonds is 5. The lowest BCUT2D eigenvalue weighted by Crippen LogP contribution is -2.60. The van der Waals surface area contributed by atoms with Crippen molar-refractivity contribution in [2.45, 2.75) is 35.4 Å². The van der Waals surface area contributed by atoms with Crippen LogP contribution in [0.3, 0.4) is 0 Å². The number of nitrogens with zero attached hydrogens (tertiary/aromatic N) is 2. The smallest absolute Gasteiger partial charge is 0.254 e. The molecule has 2 aliphatic heterocycles. The molecule has 4 aliphatic rings. The zero-order valence-electron chi connectivity index (χ0n) is 22.8. The van der Waals surface area contributed by atoms with E-state index in [2.05, 4.69) is 15.9 Å². The van der Waals surface area contributed by atoms with Gasteiger partial charge < -0.3 is 9.84 Å². The van der Waals surface area contributed by atoms with Gasteiger partial charge in [-0.25, -0.2) is 0 Å². The molecule has 1 saturated carbocycles. The fraction of sp³-hybridized carbons (Fsp3) is 0.367. The highest BCUT2D eigenvalue weighted by Gasteiger charge is 2.76. The maximum Gasteiger partial charge on any atom is 0.254 e. The molecule has 4 amide bonds. The van der Waals surface area contributed by atoms with Crippen LogP contribution in [0.4, 0.5) is 5.69 Å². The molecule has 9 nitrogen and oxygen atoms in total. The average molecular weight is 802 g/mol. The summed E-state index contributed by atoms with van der Waals surface area (Å²) in [4.78, 5) is 65.5. The van der Waals surface area contributed by atoms with E-state index in [0.29, 0.717) is 26.0 Å². The van der Waals surface area contributed by atoms with Crippen LogP contribution in [0.5, 0.6) is 11.5 Å². The summed E-state index contributed by atoms with van der Waals surface area (Å²) in [6, 6.07) is 9.46. The lowest BCUT2D eigenvalue weighted by molar-refractivity contribution is -0.138. The van der Waals surface area contributed by atoms with Gasteiger partial charge in [-0.2, -0.15) is 0 Å². The third kappa shape index (κ3) is 4.10. The molecule has 224 valence electrons. The van der Waals surface area contributed by atoms with Crippen molar-refractivity contribution >= 4 is 96.8 Å². The quantitative estimate of drug-likeness (QED) is 0.111. The number of carbonyl (C=O) groups is 5. The summed E-state index contributed by atoms with van der Waals surface area (Å²) in [5, 5.41) is 10.6. The Hall–Kier alpha value is -2.48. The maximum absolute atomic E-state index is 14.1. The van der Waals surface area contributed by atoms with E-state index in [0.717, 1.165) is 9.80 Å². The van der Waals surface area contributed by atoms with Crippen molar-refractivity contribution < 1.29 is 33.8 Å². The number of halogens is 4. The molecule has 2 aliphatic carbocycles. The van der Waals surface area contributed by atoms with Gasteiger partial charge in [-0.15, -0.1) is 23.2 Å². The van der Waals surface area contributed by atoms with Crippen LogP contribution in [0, 0.1) is 21.3 Å². The maximum atomic E-state index is 14.1. The van der Waals surface area contributed by atoms with Crippen LogP contribution in [0.25, 0.3) is 0 Å². The Kier molecular flexibility index (Phi) is 7.50. The Morgan fingerprint density at radius 1 is 1.09 bits per heavy atom. The van der Waals surface area contributed by atoms with E-state index in [1.807, 2.05) is 28.7 Å². The van der Waals surface area contributed by atoms with Crippen molar-refractivity contribution in [2.24, 2.45) is 17.8 Å².